The maximum absolute atomic E-state index is 3.57. The van der Waals surface area contributed by atoms with Crippen LogP contribution in [0, 0.1) is 13.8 Å². The van der Waals surface area contributed by atoms with Crippen LogP contribution in [-0.4, -0.2) is 4.98 Å². The van der Waals surface area contributed by atoms with Crippen LogP contribution in [0.5, 0.6) is 0 Å². The SMILES string of the molecule is Cc1cc(NCc2cc[nH]c2)cc(C)c1Br. The van der Waals surface area contributed by atoms with Crippen LogP contribution in [0.25, 0.3) is 0 Å². The van der Waals surface area contributed by atoms with E-state index in [0.717, 1.165) is 6.54 Å². The Labute approximate surface area is 104 Å². The summed E-state index contributed by atoms with van der Waals surface area (Å²) in [5.41, 5.74) is 4.95. The van der Waals surface area contributed by atoms with Crippen molar-refractivity contribution in [3.63, 3.8) is 0 Å². The Hall–Kier alpha value is -1.22. The molecule has 0 atom stereocenters. The molecular formula is C13H15BrN2. The third kappa shape index (κ3) is 2.47. The highest BCUT2D eigenvalue weighted by atomic mass is 79.9. The second-order valence-corrected chi connectivity index (χ2v) is 4.79. The van der Waals surface area contributed by atoms with Crippen molar-refractivity contribution in [3.05, 3.63) is 51.8 Å². The monoisotopic (exact) mass is 278 g/mol. The summed E-state index contributed by atoms with van der Waals surface area (Å²) in [6, 6.07) is 6.39. The molecule has 2 aromatic rings. The zero-order chi connectivity index (χ0) is 11.5. The van der Waals surface area contributed by atoms with Crippen molar-refractivity contribution >= 4 is 21.6 Å². The molecule has 1 aromatic heterocycles. The highest BCUT2D eigenvalue weighted by molar-refractivity contribution is 9.10. The molecule has 0 fully saturated rings. The maximum atomic E-state index is 3.57. The van der Waals surface area contributed by atoms with E-state index < -0.39 is 0 Å². The minimum absolute atomic E-state index is 0.851. The van der Waals surface area contributed by atoms with Crippen molar-refractivity contribution in [2.45, 2.75) is 20.4 Å². The molecule has 16 heavy (non-hydrogen) atoms. The van der Waals surface area contributed by atoms with Crippen LogP contribution < -0.4 is 5.32 Å². The van der Waals surface area contributed by atoms with Gasteiger partial charge in [-0.15, -0.1) is 0 Å². The molecule has 0 unspecified atom stereocenters. The van der Waals surface area contributed by atoms with Crippen LogP contribution in [0.2, 0.25) is 0 Å². The molecule has 0 radical (unpaired) electrons. The molecule has 1 aromatic carbocycles. The lowest BCUT2D eigenvalue weighted by atomic mass is 10.1. The fourth-order valence-electron chi connectivity index (χ4n) is 1.72. The van der Waals surface area contributed by atoms with Gasteiger partial charge in [0.25, 0.3) is 0 Å². The fraction of sp³-hybridized carbons (Fsp3) is 0.231. The molecule has 2 N–H and O–H groups in total. The van der Waals surface area contributed by atoms with Crippen molar-refractivity contribution in [1.29, 1.82) is 0 Å². The lowest BCUT2D eigenvalue weighted by Crippen LogP contribution is -1.99. The Morgan fingerprint density at radius 2 is 1.94 bits per heavy atom. The summed E-state index contributed by atoms with van der Waals surface area (Å²) in [5, 5.41) is 3.42. The molecule has 0 aliphatic carbocycles. The van der Waals surface area contributed by atoms with Gasteiger partial charge in [-0.3, -0.25) is 0 Å². The number of hydrogen-bond donors (Lipinski definition) is 2. The van der Waals surface area contributed by atoms with Gasteiger partial charge in [-0.05, 0) is 48.7 Å². The lowest BCUT2D eigenvalue weighted by Gasteiger charge is -2.09. The van der Waals surface area contributed by atoms with Crippen LogP contribution in [0.15, 0.2) is 35.1 Å². The molecule has 0 saturated heterocycles. The minimum atomic E-state index is 0.851. The predicted octanol–water partition coefficient (Wildman–Crippen LogP) is 4.01. The summed E-state index contributed by atoms with van der Waals surface area (Å²) in [5.74, 6) is 0. The van der Waals surface area contributed by atoms with Gasteiger partial charge in [-0.25, -0.2) is 0 Å². The number of nitrogens with one attached hydrogen (secondary N) is 2. The molecule has 2 rings (SSSR count). The zero-order valence-electron chi connectivity index (χ0n) is 9.47. The summed E-state index contributed by atoms with van der Waals surface area (Å²) < 4.78 is 1.19. The number of aryl methyl sites for hydroxylation is 2. The average Bonchev–Trinajstić information content (AvgIpc) is 2.75. The largest absolute Gasteiger partial charge is 0.381 e. The first-order valence-electron chi connectivity index (χ1n) is 5.29. The second-order valence-electron chi connectivity index (χ2n) is 4.00. The third-order valence-corrected chi connectivity index (χ3v) is 3.85. The number of hydrogen-bond acceptors (Lipinski definition) is 1. The summed E-state index contributed by atoms with van der Waals surface area (Å²) in [4.78, 5) is 3.05. The van der Waals surface area contributed by atoms with Gasteiger partial charge in [0.2, 0.25) is 0 Å². The number of aromatic amines is 1. The van der Waals surface area contributed by atoms with Crippen LogP contribution >= 0.6 is 15.9 Å². The van der Waals surface area contributed by atoms with E-state index in [1.54, 1.807) is 0 Å². The Morgan fingerprint density at radius 1 is 1.25 bits per heavy atom. The van der Waals surface area contributed by atoms with Gasteiger partial charge in [0.1, 0.15) is 0 Å². The standard InChI is InChI=1S/C13H15BrN2/c1-9-5-12(6-10(2)13(9)14)16-8-11-3-4-15-7-11/h3-7,15-16H,8H2,1-2H3. The van der Waals surface area contributed by atoms with Crippen molar-refractivity contribution in [2.75, 3.05) is 5.32 Å². The van der Waals surface area contributed by atoms with Gasteiger partial charge in [0, 0.05) is 29.1 Å². The summed E-state index contributed by atoms with van der Waals surface area (Å²) in [7, 11) is 0. The number of anilines is 1. The van der Waals surface area contributed by atoms with E-state index in [1.807, 2.05) is 12.4 Å². The normalized spacial score (nSPS) is 10.4. The highest BCUT2D eigenvalue weighted by Crippen LogP contribution is 2.25. The summed E-state index contributed by atoms with van der Waals surface area (Å²) >= 11 is 3.57. The van der Waals surface area contributed by atoms with Crippen LogP contribution in [0.3, 0.4) is 0 Å². The van der Waals surface area contributed by atoms with Crippen molar-refractivity contribution in [3.8, 4) is 0 Å². The summed E-state index contributed by atoms with van der Waals surface area (Å²) in [6.45, 7) is 5.07. The first-order chi connectivity index (χ1) is 7.66. The van der Waals surface area contributed by atoms with Gasteiger partial charge in [0.15, 0.2) is 0 Å². The predicted molar refractivity (Wildman–Crippen MR) is 71.7 cm³/mol. The number of aromatic nitrogens is 1. The van der Waals surface area contributed by atoms with Gasteiger partial charge in [-0.1, -0.05) is 15.9 Å². The molecule has 0 aliphatic heterocycles. The van der Waals surface area contributed by atoms with Gasteiger partial charge in [0.05, 0.1) is 0 Å². The molecule has 84 valence electrons. The number of rotatable bonds is 3. The van der Waals surface area contributed by atoms with Crippen molar-refractivity contribution < 1.29 is 0 Å². The molecule has 1 heterocycles. The van der Waals surface area contributed by atoms with E-state index in [9.17, 15) is 0 Å². The molecule has 3 heteroatoms. The molecule has 0 aliphatic rings. The molecule has 0 bridgehead atoms. The van der Waals surface area contributed by atoms with Gasteiger partial charge < -0.3 is 10.3 Å². The highest BCUT2D eigenvalue weighted by Gasteiger charge is 2.02. The van der Waals surface area contributed by atoms with Crippen LogP contribution in [-0.2, 0) is 6.54 Å². The van der Waals surface area contributed by atoms with E-state index in [-0.39, 0.29) is 0 Å². The fourth-order valence-corrected chi connectivity index (χ4v) is 1.95. The number of H-pyrrole nitrogens is 1. The minimum Gasteiger partial charge on any atom is -0.381 e. The molecule has 2 nitrogen and oxygen atoms in total. The lowest BCUT2D eigenvalue weighted by molar-refractivity contribution is 1.14. The van der Waals surface area contributed by atoms with E-state index >= 15 is 0 Å². The average molecular weight is 279 g/mol. The molecule has 0 amide bonds. The first-order valence-corrected chi connectivity index (χ1v) is 6.08. The van der Waals surface area contributed by atoms with E-state index in [2.05, 4.69) is 58.3 Å². The maximum Gasteiger partial charge on any atom is 0.0415 e. The number of halogens is 1. The Bertz CT molecular complexity index is 452. The van der Waals surface area contributed by atoms with E-state index in [1.165, 1.54) is 26.9 Å². The van der Waals surface area contributed by atoms with Crippen molar-refractivity contribution in [1.82, 2.24) is 4.98 Å². The Morgan fingerprint density at radius 3 is 2.50 bits per heavy atom. The third-order valence-electron chi connectivity index (χ3n) is 2.60. The van der Waals surface area contributed by atoms with Gasteiger partial charge in [-0.2, -0.15) is 0 Å². The smallest absolute Gasteiger partial charge is 0.0415 e. The topological polar surface area (TPSA) is 27.8 Å². The number of benzene rings is 1. The first kappa shape index (κ1) is 11.3. The molecular weight excluding hydrogens is 264 g/mol. The van der Waals surface area contributed by atoms with Crippen LogP contribution in [0.1, 0.15) is 16.7 Å². The summed E-state index contributed by atoms with van der Waals surface area (Å²) in [6.07, 6.45) is 3.95. The Balaban J connectivity index is 2.10. The van der Waals surface area contributed by atoms with Crippen LogP contribution in [0.4, 0.5) is 5.69 Å². The quantitative estimate of drug-likeness (QED) is 0.873. The molecule has 0 spiro atoms. The second kappa shape index (κ2) is 4.74. The molecule has 0 saturated carbocycles. The van der Waals surface area contributed by atoms with E-state index in [0.29, 0.717) is 0 Å². The van der Waals surface area contributed by atoms with E-state index in [4.69, 9.17) is 0 Å². The van der Waals surface area contributed by atoms with Crippen molar-refractivity contribution in [2.24, 2.45) is 0 Å². The Kier molecular flexibility index (Phi) is 3.34. The zero-order valence-corrected chi connectivity index (χ0v) is 11.1. The van der Waals surface area contributed by atoms with Gasteiger partial charge >= 0.3 is 0 Å².